The van der Waals surface area contributed by atoms with Crippen molar-refractivity contribution in [2.75, 3.05) is 30.4 Å². The molecule has 1 amide bonds. The molecule has 1 atom stereocenters. The lowest BCUT2D eigenvalue weighted by atomic mass is 10.0. The lowest BCUT2D eigenvalue weighted by Crippen LogP contribution is -2.22. The number of aromatic nitrogens is 2. The SMILES string of the molecule is NC1CCC(=CC(=O)Nc2cc(-c3nc(NCC4CCOCC4)ccc3Cl)c(Cl)cn2)C1. The molecule has 0 aromatic carbocycles. The van der Waals surface area contributed by atoms with Crippen LogP contribution < -0.4 is 16.4 Å². The maximum atomic E-state index is 12.4. The highest BCUT2D eigenvalue weighted by Crippen LogP contribution is 2.34. The third-order valence-electron chi connectivity index (χ3n) is 5.82. The van der Waals surface area contributed by atoms with Crippen LogP contribution in [0.3, 0.4) is 0 Å². The first kappa shape index (κ1) is 23.0. The van der Waals surface area contributed by atoms with Gasteiger partial charge in [-0.25, -0.2) is 9.97 Å². The van der Waals surface area contributed by atoms with E-state index < -0.39 is 0 Å². The first-order chi connectivity index (χ1) is 15.5. The predicted molar refractivity (Wildman–Crippen MR) is 128 cm³/mol. The maximum absolute atomic E-state index is 12.4. The molecule has 0 spiro atoms. The maximum Gasteiger partial charge on any atom is 0.249 e. The molecule has 9 heteroatoms. The van der Waals surface area contributed by atoms with Gasteiger partial charge >= 0.3 is 0 Å². The summed E-state index contributed by atoms with van der Waals surface area (Å²) >= 11 is 12.9. The summed E-state index contributed by atoms with van der Waals surface area (Å²) in [5, 5.41) is 7.06. The number of nitrogens with two attached hydrogens (primary N) is 1. The Balaban J connectivity index is 1.49. The van der Waals surface area contributed by atoms with E-state index in [-0.39, 0.29) is 11.9 Å². The van der Waals surface area contributed by atoms with Gasteiger partial charge in [0.05, 0.1) is 15.7 Å². The van der Waals surface area contributed by atoms with Gasteiger partial charge in [0, 0.05) is 43.6 Å². The number of carbonyl (C=O) groups is 1. The summed E-state index contributed by atoms with van der Waals surface area (Å²) in [7, 11) is 0. The largest absolute Gasteiger partial charge is 0.381 e. The minimum Gasteiger partial charge on any atom is -0.381 e. The molecule has 1 aliphatic heterocycles. The lowest BCUT2D eigenvalue weighted by molar-refractivity contribution is -0.112. The van der Waals surface area contributed by atoms with Crippen molar-refractivity contribution < 1.29 is 9.53 Å². The summed E-state index contributed by atoms with van der Waals surface area (Å²) in [6.07, 6.45) is 7.68. The number of hydrogen-bond acceptors (Lipinski definition) is 6. The summed E-state index contributed by atoms with van der Waals surface area (Å²) in [5.74, 6) is 1.42. The van der Waals surface area contributed by atoms with Gasteiger partial charge in [0.15, 0.2) is 0 Å². The van der Waals surface area contributed by atoms with Crippen molar-refractivity contribution in [3.63, 3.8) is 0 Å². The Kier molecular flexibility index (Phi) is 7.63. The van der Waals surface area contributed by atoms with Crippen molar-refractivity contribution in [1.29, 1.82) is 0 Å². The first-order valence-corrected chi connectivity index (χ1v) is 11.6. The molecule has 4 rings (SSSR count). The van der Waals surface area contributed by atoms with E-state index in [1.54, 1.807) is 18.2 Å². The Morgan fingerprint density at radius 1 is 1.19 bits per heavy atom. The van der Waals surface area contributed by atoms with Gasteiger partial charge in [-0.2, -0.15) is 0 Å². The second-order valence-corrected chi connectivity index (χ2v) is 9.12. The fourth-order valence-corrected chi connectivity index (χ4v) is 4.41. The van der Waals surface area contributed by atoms with Crippen LogP contribution in [0.15, 0.2) is 36.0 Å². The molecule has 3 heterocycles. The van der Waals surface area contributed by atoms with Crippen LogP contribution in [0.5, 0.6) is 0 Å². The Morgan fingerprint density at radius 3 is 2.75 bits per heavy atom. The smallest absolute Gasteiger partial charge is 0.249 e. The fraction of sp³-hybridized carbons (Fsp3) is 0.435. The summed E-state index contributed by atoms with van der Waals surface area (Å²) < 4.78 is 5.42. The van der Waals surface area contributed by atoms with Crippen molar-refractivity contribution >= 4 is 40.7 Å². The van der Waals surface area contributed by atoms with Gasteiger partial charge in [0.25, 0.3) is 0 Å². The number of pyridine rings is 2. The molecule has 170 valence electrons. The minimum absolute atomic E-state index is 0.134. The quantitative estimate of drug-likeness (QED) is 0.524. The zero-order valence-corrected chi connectivity index (χ0v) is 19.3. The molecule has 1 saturated carbocycles. The number of halogens is 2. The van der Waals surface area contributed by atoms with Crippen LogP contribution in [0.4, 0.5) is 11.6 Å². The Hall–Kier alpha value is -2.19. The van der Waals surface area contributed by atoms with E-state index in [9.17, 15) is 4.79 Å². The molecule has 4 N–H and O–H groups in total. The summed E-state index contributed by atoms with van der Waals surface area (Å²) in [6, 6.07) is 5.46. The number of nitrogens with one attached hydrogen (secondary N) is 2. The lowest BCUT2D eigenvalue weighted by Gasteiger charge is -2.22. The van der Waals surface area contributed by atoms with Crippen molar-refractivity contribution in [1.82, 2.24) is 9.97 Å². The van der Waals surface area contributed by atoms with Crippen LogP contribution in [0, 0.1) is 5.92 Å². The number of rotatable bonds is 6. The monoisotopic (exact) mass is 475 g/mol. The highest BCUT2D eigenvalue weighted by molar-refractivity contribution is 6.36. The van der Waals surface area contributed by atoms with Crippen LogP contribution in [-0.2, 0) is 9.53 Å². The molecule has 0 bridgehead atoms. The van der Waals surface area contributed by atoms with E-state index >= 15 is 0 Å². The summed E-state index contributed by atoms with van der Waals surface area (Å²) in [5.41, 5.74) is 8.11. The second kappa shape index (κ2) is 10.6. The second-order valence-electron chi connectivity index (χ2n) is 8.31. The van der Waals surface area contributed by atoms with Crippen molar-refractivity contribution in [2.24, 2.45) is 11.7 Å². The molecule has 7 nitrogen and oxygen atoms in total. The summed E-state index contributed by atoms with van der Waals surface area (Å²) in [6.45, 7) is 2.42. The predicted octanol–water partition coefficient (Wildman–Crippen LogP) is 4.67. The van der Waals surface area contributed by atoms with Crippen LogP contribution >= 0.6 is 23.2 Å². The minimum atomic E-state index is -0.235. The highest BCUT2D eigenvalue weighted by atomic mass is 35.5. The average molecular weight is 476 g/mol. The van der Waals surface area contributed by atoms with Gasteiger partial charge in [0.1, 0.15) is 11.6 Å². The van der Waals surface area contributed by atoms with Gasteiger partial charge in [-0.15, -0.1) is 0 Å². The molecule has 32 heavy (non-hydrogen) atoms. The Labute approximate surface area is 197 Å². The van der Waals surface area contributed by atoms with E-state index in [1.807, 2.05) is 6.07 Å². The molecule has 1 unspecified atom stereocenters. The van der Waals surface area contributed by atoms with Gasteiger partial charge in [-0.1, -0.05) is 28.8 Å². The van der Waals surface area contributed by atoms with Gasteiger partial charge in [0.2, 0.25) is 5.91 Å². The molecular formula is C23H27Cl2N5O2. The van der Waals surface area contributed by atoms with E-state index in [0.29, 0.717) is 33.0 Å². The zero-order valence-electron chi connectivity index (χ0n) is 17.7. The molecule has 2 aromatic rings. The summed E-state index contributed by atoms with van der Waals surface area (Å²) in [4.78, 5) is 21.3. The molecule has 2 aliphatic rings. The van der Waals surface area contributed by atoms with E-state index in [2.05, 4.69) is 20.6 Å². The number of carbonyl (C=O) groups excluding carboxylic acids is 1. The van der Waals surface area contributed by atoms with Crippen LogP contribution in [0.1, 0.15) is 32.1 Å². The average Bonchev–Trinajstić information content (AvgIpc) is 3.19. The van der Waals surface area contributed by atoms with Gasteiger partial charge < -0.3 is 21.1 Å². The molecule has 1 saturated heterocycles. The third kappa shape index (κ3) is 5.98. The molecule has 0 radical (unpaired) electrons. The number of anilines is 2. The molecule has 2 fully saturated rings. The highest BCUT2D eigenvalue weighted by Gasteiger charge is 2.18. The number of hydrogen-bond donors (Lipinski definition) is 3. The van der Waals surface area contributed by atoms with Crippen LogP contribution in [0.25, 0.3) is 11.3 Å². The van der Waals surface area contributed by atoms with Crippen molar-refractivity contribution in [3.05, 3.63) is 46.1 Å². The van der Waals surface area contributed by atoms with E-state index in [1.165, 1.54) is 6.20 Å². The van der Waals surface area contributed by atoms with Gasteiger partial charge in [-0.3, -0.25) is 4.79 Å². The Bertz CT molecular complexity index is 1010. The van der Waals surface area contributed by atoms with E-state index in [4.69, 9.17) is 33.7 Å². The zero-order chi connectivity index (χ0) is 22.5. The van der Waals surface area contributed by atoms with Crippen molar-refractivity contribution in [2.45, 2.75) is 38.1 Å². The van der Waals surface area contributed by atoms with Crippen LogP contribution in [-0.4, -0.2) is 41.7 Å². The molecule has 2 aromatic heterocycles. The van der Waals surface area contributed by atoms with Gasteiger partial charge in [-0.05, 0) is 56.2 Å². The molecule has 1 aliphatic carbocycles. The van der Waals surface area contributed by atoms with Crippen LogP contribution in [0.2, 0.25) is 10.0 Å². The topological polar surface area (TPSA) is 102 Å². The third-order valence-corrected chi connectivity index (χ3v) is 6.42. The first-order valence-electron chi connectivity index (χ1n) is 10.9. The Morgan fingerprint density at radius 2 is 2.00 bits per heavy atom. The number of ether oxygens (including phenoxy) is 1. The standard InChI is InChI=1S/C23H27Cl2N5O2/c24-18-3-4-20(27-12-14-5-7-32-8-6-14)30-23(18)17-11-21(28-13-19(17)25)29-22(31)10-15-1-2-16(26)9-15/h3-4,10-11,13-14,16H,1-2,5-9,12,26H2,(H,27,30)(H,28,29,31). The number of nitrogens with zero attached hydrogens (tertiary/aromatic N) is 2. The van der Waals surface area contributed by atoms with Crippen molar-refractivity contribution in [3.8, 4) is 11.3 Å². The number of amides is 1. The fourth-order valence-electron chi connectivity index (χ4n) is 4.01. The normalized spacial score (nSPS) is 20.5. The van der Waals surface area contributed by atoms with E-state index in [0.717, 1.165) is 63.3 Å². The molecular weight excluding hydrogens is 449 g/mol.